The van der Waals surface area contributed by atoms with Gasteiger partial charge in [0.05, 0.1) is 6.61 Å². The van der Waals surface area contributed by atoms with Gasteiger partial charge in [0.2, 0.25) is 0 Å². The lowest BCUT2D eigenvalue weighted by molar-refractivity contribution is 0.0371. The summed E-state index contributed by atoms with van der Waals surface area (Å²) in [4.78, 5) is 17.2. The maximum absolute atomic E-state index is 12.7. The van der Waals surface area contributed by atoms with Crippen LogP contribution in [0.25, 0.3) is 0 Å². The molecule has 6 heteroatoms. The van der Waals surface area contributed by atoms with Gasteiger partial charge in [-0.15, -0.1) is 12.4 Å². The molecule has 1 aromatic rings. The van der Waals surface area contributed by atoms with Crippen LogP contribution in [0.5, 0.6) is 0 Å². The topological polar surface area (TPSA) is 58.8 Å². The minimum Gasteiger partial charge on any atom is -0.383 e. The molecule has 1 aliphatic heterocycles. The largest absolute Gasteiger partial charge is 0.383 e. The van der Waals surface area contributed by atoms with Crippen LogP contribution in [0, 0.1) is 0 Å². The number of hydrogen-bond donors (Lipinski definition) is 1. The first-order valence-electron chi connectivity index (χ1n) is 8.50. The van der Waals surface area contributed by atoms with Gasteiger partial charge in [0.15, 0.2) is 0 Å². The van der Waals surface area contributed by atoms with Crippen molar-refractivity contribution in [2.24, 2.45) is 5.73 Å². The Morgan fingerprint density at radius 1 is 1.29 bits per heavy atom. The summed E-state index contributed by atoms with van der Waals surface area (Å²) < 4.78 is 5.20. The summed E-state index contributed by atoms with van der Waals surface area (Å²) in [6.45, 7) is 6.88. The third-order valence-corrected chi connectivity index (χ3v) is 4.53. The molecule has 2 rings (SSSR count). The van der Waals surface area contributed by atoms with E-state index in [4.69, 9.17) is 10.5 Å². The van der Waals surface area contributed by atoms with E-state index in [-0.39, 0.29) is 18.3 Å². The van der Waals surface area contributed by atoms with Crippen molar-refractivity contribution >= 4 is 18.3 Å². The number of methoxy groups -OCH3 is 1. The first-order valence-corrected chi connectivity index (χ1v) is 8.50. The zero-order valence-corrected chi connectivity index (χ0v) is 15.6. The molecule has 0 radical (unpaired) electrons. The second-order valence-corrected chi connectivity index (χ2v) is 6.12. The fraction of sp³-hybridized carbons (Fsp3) is 0.611. The number of benzene rings is 1. The second kappa shape index (κ2) is 10.7. The molecule has 0 saturated carbocycles. The van der Waals surface area contributed by atoms with Crippen molar-refractivity contribution in [3.63, 3.8) is 0 Å². The number of rotatable bonds is 7. The number of amides is 1. The fourth-order valence-electron chi connectivity index (χ4n) is 3.15. The first-order chi connectivity index (χ1) is 11.2. The highest BCUT2D eigenvalue weighted by molar-refractivity contribution is 5.94. The predicted octanol–water partition coefficient (Wildman–Crippen LogP) is 2.14. The minimum atomic E-state index is 0. The third kappa shape index (κ3) is 5.45. The zero-order valence-electron chi connectivity index (χ0n) is 14.7. The summed E-state index contributed by atoms with van der Waals surface area (Å²) in [5.74, 6) is 0.126. The monoisotopic (exact) mass is 355 g/mol. The molecular weight excluding hydrogens is 326 g/mol. The molecule has 1 aromatic carbocycles. The van der Waals surface area contributed by atoms with Gasteiger partial charge in [-0.1, -0.05) is 25.5 Å². The quantitative estimate of drug-likeness (QED) is 0.814. The number of carbonyl (C=O) groups excluding carboxylic acids is 1. The number of nitrogens with zero attached hydrogens (tertiary/aromatic N) is 2. The molecule has 0 bridgehead atoms. The van der Waals surface area contributed by atoms with Crippen molar-refractivity contribution in [3.05, 3.63) is 35.4 Å². The number of hydrogen-bond acceptors (Lipinski definition) is 4. The molecule has 0 aliphatic carbocycles. The molecule has 1 aliphatic rings. The highest BCUT2D eigenvalue weighted by atomic mass is 35.5. The Bertz CT molecular complexity index is 496. The van der Waals surface area contributed by atoms with Crippen LogP contribution in [-0.2, 0) is 11.3 Å². The lowest BCUT2D eigenvalue weighted by atomic mass is 10.0. The van der Waals surface area contributed by atoms with Crippen LogP contribution in [-0.4, -0.2) is 61.6 Å². The average Bonchev–Trinajstić information content (AvgIpc) is 2.60. The number of ether oxygens (including phenoxy) is 1. The van der Waals surface area contributed by atoms with Crippen LogP contribution < -0.4 is 5.73 Å². The summed E-state index contributed by atoms with van der Waals surface area (Å²) in [5.41, 5.74) is 7.42. The van der Waals surface area contributed by atoms with Crippen LogP contribution in [0.3, 0.4) is 0 Å². The van der Waals surface area contributed by atoms with E-state index >= 15 is 0 Å². The lowest BCUT2D eigenvalue weighted by Crippen LogP contribution is -2.55. The minimum absolute atomic E-state index is 0. The van der Waals surface area contributed by atoms with Crippen molar-refractivity contribution in [1.82, 2.24) is 9.80 Å². The summed E-state index contributed by atoms with van der Waals surface area (Å²) in [5, 5.41) is 0. The van der Waals surface area contributed by atoms with E-state index in [9.17, 15) is 4.79 Å². The smallest absolute Gasteiger partial charge is 0.253 e. The van der Waals surface area contributed by atoms with Gasteiger partial charge < -0.3 is 15.4 Å². The molecule has 1 heterocycles. The summed E-state index contributed by atoms with van der Waals surface area (Å²) in [6, 6.07) is 8.07. The summed E-state index contributed by atoms with van der Waals surface area (Å²) in [7, 11) is 1.74. The molecule has 2 N–H and O–H groups in total. The Morgan fingerprint density at radius 2 is 2.00 bits per heavy atom. The van der Waals surface area contributed by atoms with Crippen LogP contribution in [0.15, 0.2) is 24.3 Å². The van der Waals surface area contributed by atoms with E-state index in [1.165, 1.54) is 0 Å². The number of halogens is 1. The summed E-state index contributed by atoms with van der Waals surface area (Å²) in [6.07, 6.45) is 2.24. The SMILES string of the molecule is CCCC1CN(C(=O)c2ccc(CN)cc2)CCN1CCOC.Cl. The number of nitrogens with two attached hydrogens (primary N) is 1. The standard InChI is InChI=1S/C18H29N3O2.ClH/c1-3-4-17-14-21(10-9-20(17)11-12-23-2)18(22)16-7-5-15(13-19)6-8-16;/h5-8,17H,3-4,9-14,19H2,1-2H3;1H. The maximum atomic E-state index is 12.7. The van der Waals surface area contributed by atoms with Gasteiger partial charge in [0, 0.05) is 51.4 Å². The summed E-state index contributed by atoms with van der Waals surface area (Å²) >= 11 is 0. The van der Waals surface area contributed by atoms with E-state index < -0.39 is 0 Å². The predicted molar refractivity (Wildman–Crippen MR) is 99.6 cm³/mol. The maximum Gasteiger partial charge on any atom is 0.253 e. The normalized spacial score (nSPS) is 18.3. The third-order valence-electron chi connectivity index (χ3n) is 4.53. The van der Waals surface area contributed by atoms with E-state index in [2.05, 4.69) is 11.8 Å². The van der Waals surface area contributed by atoms with Gasteiger partial charge in [0.1, 0.15) is 0 Å². The van der Waals surface area contributed by atoms with Crippen molar-refractivity contribution in [2.75, 3.05) is 39.9 Å². The Hall–Kier alpha value is -1.14. The van der Waals surface area contributed by atoms with Gasteiger partial charge in [-0.3, -0.25) is 9.69 Å². The molecule has 0 aromatic heterocycles. The molecule has 136 valence electrons. The molecule has 1 saturated heterocycles. The second-order valence-electron chi connectivity index (χ2n) is 6.12. The first kappa shape index (κ1) is 20.9. The van der Waals surface area contributed by atoms with E-state index in [0.29, 0.717) is 12.6 Å². The molecule has 5 nitrogen and oxygen atoms in total. The van der Waals surface area contributed by atoms with Gasteiger partial charge >= 0.3 is 0 Å². The van der Waals surface area contributed by atoms with Crippen molar-refractivity contribution in [3.8, 4) is 0 Å². The van der Waals surface area contributed by atoms with E-state index in [1.54, 1.807) is 7.11 Å². The molecule has 24 heavy (non-hydrogen) atoms. The molecular formula is C18H30ClN3O2. The van der Waals surface area contributed by atoms with Gasteiger partial charge in [-0.05, 0) is 24.1 Å². The van der Waals surface area contributed by atoms with Crippen LogP contribution in [0.1, 0.15) is 35.7 Å². The van der Waals surface area contributed by atoms with Gasteiger partial charge in [-0.25, -0.2) is 0 Å². The van der Waals surface area contributed by atoms with Crippen LogP contribution in [0.2, 0.25) is 0 Å². The van der Waals surface area contributed by atoms with Crippen LogP contribution in [0.4, 0.5) is 0 Å². The highest BCUT2D eigenvalue weighted by Gasteiger charge is 2.29. The van der Waals surface area contributed by atoms with E-state index in [0.717, 1.165) is 56.8 Å². The zero-order chi connectivity index (χ0) is 16.7. The Kier molecular flexibility index (Phi) is 9.29. The Morgan fingerprint density at radius 3 is 2.58 bits per heavy atom. The van der Waals surface area contributed by atoms with E-state index in [1.807, 2.05) is 29.2 Å². The van der Waals surface area contributed by atoms with Crippen molar-refractivity contribution < 1.29 is 9.53 Å². The molecule has 1 amide bonds. The van der Waals surface area contributed by atoms with Crippen molar-refractivity contribution in [2.45, 2.75) is 32.4 Å². The molecule has 1 atom stereocenters. The highest BCUT2D eigenvalue weighted by Crippen LogP contribution is 2.17. The van der Waals surface area contributed by atoms with Gasteiger partial charge in [0.25, 0.3) is 5.91 Å². The van der Waals surface area contributed by atoms with Gasteiger partial charge in [-0.2, -0.15) is 0 Å². The molecule has 1 unspecified atom stereocenters. The fourth-order valence-corrected chi connectivity index (χ4v) is 3.15. The molecule has 1 fully saturated rings. The number of carbonyl (C=O) groups is 1. The lowest BCUT2D eigenvalue weighted by Gasteiger charge is -2.41. The Balaban J connectivity index is 0.00000288. The van der Waals surface area contributed by atoms with Crippen molar-refractivity contribution in [1.29, 1.82) is 0 Å². The Labute approximate surface area is 151 Å². The molecule has 0 spiro atoms. The number of piperazine rings is 1. The van der Waals surface area contributed by atoms with Crippen LogP contribution >= 0.6 is 12.4 Å². The average molecular weight is 356 g/mol.